The molecule has 1 aromatic heterocycles. The van der Waals surface area contributed by atoms with Gasteiger partial charge in [-0.1, -0.05) is 0 Å². The van der Waals surface area contributed by atoms with Gasteiger partial charge in [-0.2, -0.15) is 13.8 Å². The second kappa shape index (κ2) is 6.53. The molecule has 3 atom stereocenters. The van der Waals surface area contributed by atoms with Crippen molar-refractivity contribution in [1.82, 2.24) is 9.97 Å². The standard InChI is InChI=1S/C18H23F3N4O2/c1-10-13(19)9-25(10)17-22-15-12(3-2-5-18(15,20)21)16(23-17)24-6-4-11(8-24)7-14(26)27/h10-11,13H,2-9H2,1H3,(H,26,27)/t10-,11+,13?/m0/s1. The van der Waals surface area contributed by atoms with Crippen LogP contribution in [-0.4, -0.2) is 52.9 Å². The minimum Gasteiger partial charge on any atom is -0.481 e. The number of rotatable bonds is 4. The average Bonchev–Trinajstić information content (AvgIpc) is 3.06. The maximum Gasteiger partial charge on any atom is 0.303 e. The molecule has 148 valence electrons. The molecule has 0 bridgehead atoms. The summed E-state index contributed by atoms with van der Waals surface area (Å²) in [6, 6.07) is -0.438. The molecule has 0 amide bonds. The second-order valence-electron chi connectivity index (χ2n) is 7.84. The van der Waals surface area contributed by atoms with E-state index in [4.69, 9.17) is 5.11 Å². The van der Waals surface area contributed by atoms with Crippen LogP contribution >= 0.6 is 0 Å². The summed E-state index contributed by atoms with van der Waals surface area (Å²) in [6.45, 7) is 2.84. The Morgan fingerprint density at radius 2 is 2.11 bits per heavy atom. The van der Waals surface area contributed by atoms with Gasteiger partial charge in [0.15, 0.2) is 0 Å². The lowest BCUT2D eigenvalue weighted by molar-refractivity contribution is -0.137. The number of carbonyl (C=O) groups is 1. The Morgan fingerprint density at radius 3 is 2.78 bits per heavy atom. The van der Waals surface area contributed by atoms with Crippen LogP contribution < -0.4 is 9.80 Å². The van der Waals surface area contributed by atoms with E-state index in [0.717, 1.165) is 0 Å². The van der Waals surface area contributed by atoms with Crippen molar-refractivity contribution in [3.63, 3.8) is 0 Å². The Kier molecular flexibility index (Phi) is 4.43. The molecular weight excluding hydrogens is 361 g/mol. The van der Waals surface area contributed by atoms with Crippen LogP contribution in [0.1, 0.15) is 43.9 Å². The lowest BCUT2D eigenvalue weighted by atomic mass is 9.92. The van der Waals surface area contributed by atoms with Crippen molar-refractivity contribution in [1.29, 1.82) is 0 Å². The lowest BCUT2D eigenvalue weighted by Gasteiger charge is -2.42. The van der Waals surface area contributed by atoms with Crippen molar-refractivity contribution in [3.05, 3.63) is 11.3 Å². The normalized spacial score (nSPS) is 29.4. The van der Waals surface area contributed by atoms with Crippen LogP contribution in [0.5, 0.6) is 0 Å². The molecule has 1 N–H and O–H groups in total. The van der Waals surface area contributed by atoms with Crippen LogP contribution in [0.2, 0.25) is 0 Å². The first-order chi connectivity index (χ1) is 12.8. The Hall–Kier alpha value is -2.06. The number of aliphatic carboxylic acids is 1. The highest BCUT2D eigenvalue weighted by Gasteiger charge is 2.44. The predicted octanol–water partition coefficient (Wildman–Crippen LogP) is 2.75. The predicted molar refractivity (Wildman–Crippen MR) is 93.1 cm³/mol. The maximum absolute atomic E-state index is 14.6. The van der Waals surface area contributed by atoms with E-state index in [1.807, 2.05) is 4.90 Å². The second-order valence-corrected chi connectivity index (χ2v) is 7.84. The van der Waals surface area contributed by atoms with Gasteiger partial charge in [0.1, 0.15) is 17.7 Å². The summed E-state index contributed by atoms with van der Waals surface area (Å²) >= 11 is 0. The van der Waals surface area contributed by atoms with Gasteiger partial charge in [0.2, 0.25) is 5.95 Å². The molecule has 2 aliphatic heterocycles. The Bertz CT molecular complexity index is 760. The van der Waals surface area contributed by atoms with Crippen LogP contribution in [0, 0.1) is 5.92 Å². The van der Waals surface area contributed by atoms with Gasteiger partial charge < -0.3 is 14.9 Å². The molecule has 1 unspecified atom stereocenters. The molecule has 1 aliphatic carbocycles. The number of halogens is 3. The molecule has 0 radical (unpaired) electrons. The lowest BCUT2D eigenvalue weighted by Crippen LogP contribution is -2.57. The summed E-state index contributed by atoms with van der Waals surface area (Å²) in [5.41, 5.74) is 0.209. The van der Waals surface area contributed by atoms with Gasteiger partial charge >= 0.3 is 5.97 Å². The molecule has 4 rings (SSSR count). The van der Waals surface area contributed by atoms with E-state index in [9.17, 15) is 18.0 Å². The van der Waals surface area contributed by atoms with Crippen molar-refractivity contribution in [2.45, 2.75) is 57.2 Å². The molecule has 3 aliphatic rings. The highest BCUT2D eigenvalue weighted by Crippen LogP contribution is 2.44. The summed E-state index contributed by atoms with van der Waals surface area (Å²) in [5, 5.41) is 9.02. The van der Waals surface area contributed by atoms with Crippen molar-refractivity contribution >= 4 is 17.7 Å². The monoisotopic (exact) mass is 384 g/mol. The van der Waals surface area contributed by atoms with Gasteiger partial charge in [0.25, 0.3) is 5.92 Å². The number of aromatic nitrogens is 2. The number of carboxylic acid groups (broad SMARTS) is 1. The first kappa shape index (κ1) is 18.3. The number of hydrogen-bond acceptors (Lipinski definition) is 5. The Labute approximate surface area is 155 Å². The average molecular weight is 384 g/mol. The minimum absolute atomic E-state index is 0.0289. The van der Waals surface area contributed by atoms with Gasteiger partial charge in [-0.15, -0.1) is 0 Å². The molecule has 2 saturated heterocycles. The molecule has 2 fully saturated rings. The smallest absolute Gasteiger partial charge is 0.303 e. The molecule has 0 saturated carbocycles. The largest absolute Gasteiger partial charge is 0.481 e. The van der Waals surface area contributed by atoms with Crippen molar-refractivity contribution in [2.75, 3.05) is 29.4 Å². The van der Waals surface area contributed by atoms with E-state index in [2.05, 4.69) is 9.97 Å². The molecule has 3 heterocycles. The third-order valence-corrected chi connectivity index (χ3v) is 5.93. The zero-order valence-corrected chi connectivity index (χ0v) is 15.2. The van der Waals surface area contributed by atoms with Gasteiger partial charge in [-0.05, 0) is 32.1 Å². The number of nitrogens with zero attached hydrogens (tertiary/aromatic N) is 4. The zero-order valence-electron chi connectivity index (χ0n) is 15.2. The molecule has 0 aromatic carbocycles. The summed E-state index contributed by atoms with van der Waals surface area (Å²) in [5.74, 6) is -3.30. The van der Waals surface area contributed by atoms with Gasteiger partial charge in [-0.25, -0.2) is 9.37 Å². The molecule has 9 heteroatoms. The first-order valence-electron chi connectivity index (χ1n) is 9.43. The molecule has 27 heavy (non-hydrogen) atoms. The number of hydrogen-bond donors (Lipinski definition) is 1. The van der Waals surface area contributed by atoms with Crippen LogP contribution in [0.15, 0.2) is 0 Å². The fourth-order valence-corrected chi connectivity index (χ4v) is 4.26. The van der Waals surface area contributed by atoms with E-state index in [-0.39, 0.29) is 36.9 Å². The van der Waals surface area contributed by atoms with Crippen molar-refractivity contribution < 1.29 is 23.1 Å². The minimum atomic E-state index is -3.02. The van der Waals surface area contributed by atoms with Crippen LogP contribution in [0.3, 0.4) is 0 Å². The summed E-state index contributed by atoms with van der Waals surface area (Å²) < 4.78 is 42.7. The van der Waals surface area contributed by atoms with E-state index < -0.39 is 24.1 Å². The van der Waals surface area contributed by atoms with E-state index in [0.29, 0.717) is 43.7 Å². The van der Waals surface area contributed by atoms with E-state index in [1.165, 1.54) is 0 Å². The third-order valence-electron chi connectivity index (χ3n) is 5.93. The van der Waals surface area contributed by atoms with Gasteiger partial charge in [-0.3, -0.25) is 4.79 Å². The van der Waals surface area contributed by atoms with Gasteiger partial charge in [0, 0.05) is 31.5 Å². The summed E-state index contributed by atoms with van der Waals surface area (Å²) in [4.78, 5) is 23.2. The zero-order chi connectivity index (χ0) is 19.3. The quantitative estimate of drug-likeness (QED) is 0.861. The highest BCUT2D eigenvalue weighted by molar-refractivity contribution is 5.67. The van der Waals surface area contributed by atoms with Crippen LogP contribution in [0.25, 0.3) is 0 Å². The third kappa shape index (κ3) is 3.21. The Balaban J connectivity index is 1.71. The molecule has 1 aromatic rings. The molecule has 0 spiro atoms. The van der Waals surface area contributed by atoms with E-state index in [1.54, 1.807) is 11.8 Å². The number of anilines is 2. The Morgan fingerprint density at radius 1 is 1.33 bits per heavy atom. The SMILES string of the molecule is C[C@H]1C(F)CN1c1nc(N2CC[C@H](CC(=O)O)C2)c2c(n1)C(F)(F)CCC2. The van der Waals surface area contributed by atoms with Crippen LogP contribution in [-0.2, 0) is 17.1 Å². The van der Waals surface area contributed by atoms with E-state index >= 15 is 0 Å². The number of alkyl halides is 3. The summed E-state index contributed by atoms with van der Waals surface area (Å²) in [6.07, 6.45) is 0.304. The summed E-state index contributed by atoms with van der Waals surface area (Å²) in [7, 11) is 0. The van der Waals surface area contributed by atoms with Crippen molar-refractivity contribution in [3.8, 4) is 0 Å². The fraction of sp³-hybridized carbons (Fsp3) is 0.722. The first-order valence-corrected chi connectivity index (χ1v) is 9.43. The fourth-order valence-electron chi connectivity index (χ4n) is 4.26. The maximum atomic E-state index is 14.6. The number of carboxylic acids is 1. The molecular formula is C18H23F3N4O2. The van der Waals surface area contributed by atoms with Gasteiger partial charge in [0.05, 0.1) is 12.6 Å². The molecule has 6 nitrogen and oxygen atoms in total. The number of fused-ring (bicyclic) bond motifs is 1. The van der Waals surface area contributed by atoms with Crippen molar-refractivity contribution in [2.24, 2.45) is 5.92 Å². The topological polar surface area (TPSA) is 69.6 Å². The highest BCUT2D eigenvalue weighted by atomic mass is 19.3. The van der Waals surface area contributed by atoms with Crippen LogP contribution in [0.4, 0.5) is 24.9 Å².